The zero-order chi connectivity index (χ0) is 15.1. The van der Waals surface area contributed by atoms with E-state index in [1.54, 1.807) is 14.2 Å². The number of aryl methyl sites for hydroxylation is 1. The Kier molecular flexibility index (Phi) is 6.10. The van der Waals surface area contributed by atoms with Gasteiger partial charge in [-0.15, -0.1) is 10.2 Å². The van der Waals surface area contributed by atoms with Gasteiger partial charge in [-0.3, -0.25) is 0 Å². The molecule has 1 heterocycles. The van der Waals surface area contributed by atoms with Gasteiger partial charge in [0.25, 0.3) is 0 Å². The van der Waals surface area contributed by atoms with Gasteiger partial charge >= 0.3 is 0 Å². The molecular weight excluding hydrogens is 290 g/mol. The molecule has 0 bridgehead atoms. The Balaban J connectivity index is 2.04. The van der Waals surface area contributed by atoms with E-state index in [1.807, 2.05) is 24.3 Å². The van der Waals surface area contributed by atoms with Crippen LogP contribution in [0.25, 0.3) is 0 Å². The number of aromatic nitrogens is 4. The molecule has 0 saturated heterocycles. The minimum absolute atomic E-state index is 0.267. The van der Waals surface area contributed by atoms with Crippen LogP contribution in [0.3, 0.4) is 0 Å². The number of methoxy groups -OCH3 is 1. The van der Waals surface area contributed by atoms with Gasteiger partial charge < -0.3 is 10.1 Å². The van der Waals surface area contributed by atoms with Gasteiger partial charge in [0.1, 0.15) is 0 Å². The van der Waals surface area contributed by atoms with E-state index in [9.17, 15) is 0 Å². The molecule has 6 nitrogen and oxygen atoms in total. The number of tetrazole rings is 1. The lowest BCUT2D eigenvalue weighted by Gasteiger charge is -2.16. The van der Waals surface area contributed by atoms with Crippen LogP contribution in [-0.2, 0) is 18.2 Å². The molecule has 0 radical (unpaired) electrons. The smallest absolute Gasteiger partial charge is 0.175 e. The van der Waals surface area contributed by atoms with Crippen molar-refractivity contribution >= 4 is 11.6 Å². The van der Waals surface area contributed by atoms with Crippen molar-refractivity contribution in [3.05, 3.63) is 40.7 Å². The van der Waals surface area contributed by atoms with Crippen LogP contribution in [0.15, 0.2) is 24.3 Å². The molecule has 114 valence electrons. The highest BCUT2D eigenvalue weighted by molar-refractivity contribution is 6.30. The fourth-order valence-corrected chi connectivity index (χ4v) is 2.24. The van der Waals surface area contributed by atoms with Crippen LogP contribution < -0.4 is 5.32 Å². The van der Waals surface area contributed by atoms with Crippen LogP contribution in [0.5, 0.6) is 0 Å². The first-order chi connectivity index (χ1) is 10.2. The molecule has 1 aromatic heterocycles. The lowest BCUT2D eigenvalue weighted by Crippen LogP contribution is -2.26. The topological polar surface area (TPSA) is 64.9 Å². The summed E-state index contributed by atoms with van der Waals surface area (Å²) in [5.41, 5.74) is 1.21. The van der Waals surface area contributed by atoms with Gasteiger partial charge in [0, 0.05) is 37.6 Å². The molecule has 2 rings (SSSR count). The third kappa shape index (κ3) is 5.08. The highest BCUT2D eigenvalue weighted by Crippen LogP contribution is 2.21. The van der Waals surface area contributed by atoms with Crippen molar-refractivity contribution in [2.75, 3.05) is 26.8 Å². The Morgan fingerprint density at radius 2 is 2.10 bits per heavy atom. The van der Waals surface area contributed by atoms with Crippen LogP contribution in [0.1, 0.15) is 17.3 Å². The average Bonchev–Trinajstić information content (AvgIpc) is 2.88. The molecule has 0 fully saturated rings. The van der Waals surface area contributed by atoms with Gasteiger partial charge in [-0.05, 0) is 22.9 Å². The summed E-state index contributed by atoms with van der Waals surface area (Å²) < 4.78 is 5.05. The van der Waals surface area contributed by atoms with Crippen LogP contribution in [0.4, 0.5) is 0 Å². The lowest BCUT2D eigenvalue weighted by molar-refractivity contribution is 0.199. The molecule has 0 aliphatic heterocycles. The molecule has 0 spiro atoms. The molecule has 1 atom stereocenters. The van der Waals surface area contributed by atoms with E-state index in [0.29, 0.717) is 6.61 Å². The monoisotopic (exact) mass is 309 g/mol. The molecule has 1 unspecified atom stereocenters. The van der Waals surface area contributed by atoms with Crippen molar-refractivity contribution in [1.82, 2.24) is 25.5 Å². The average molecular weight is 310 g/mol. The lowest BCUT2D eigenvalue weighted by atomic mass is 9.95. The summed E-state index contributed by atoms with van der Waals surface area (Å²) >= 11 is 5.96. The number of hydrogen-bond donors (Lipinski definition) is 1. The van der Waals surface area contributed by atoms with Gasteiger partial charge in [0.05, 0.1) is 13.7 Å². The summed E-state index contributed by atoms with van der Waals surface area (Å²) in [5, 5.41) is 16.3. The summed E-state index contributed by atoms with van der Waals surface area (Å²) in [5.74, 6) is 1.01. The molecule has 1 aromatic carbocycles. The summed E-state index contributed by atoms with van der Waals surface area (Å²) in [6.45, 7) is 2.33. The van der Waals surface area contributed by atoms with Gasteiger partial charge in [-0.25, -0.2) is 0 Å². The van der Waals surface area contributed by atoms with E-state index in [0.717, 1.165) is 30.4 Å². The van der Waals surface area contributed by atoms with Crippen molar-refractivity contribution in [3.8, 4) is 0 Å². The second kappa shape index (κ2) is 8.07. The Morgan fingerprint density at radius 3 is 2.71 bits per heavy atom. The Morgan fingerprint density at radius 1 is 1.33 bits per heavy atom. The maximum atomic E-state index is 5.96. The zero-order valence-corrected chi connectivity index (χ0v) is 13.0. The van der Waals surface area contributed by atoms with Crippen molar-refractivity contribution in [2.45, 2.75) is 12.3 Å². The van der Waals surface area contributed by atoms with E-state index in [4.69, 9.17) is 16.3 Å². The Labute approximate surface area is 129 Å². The molecule has 1 N–H and O–H groups in total. The van der Waals surface area contributed by atoms with E-state index in [1.165, 1.54) is 10.4 Å². The van der Waals surface area contributed by atoms with E-state index in [-0.39, 0.29) is 5.92 Å². The molecule has 21 heavy (non-hydrogen) atoms. The Hall–Kier alpha value is -1.50. The second-order valence-electron chi connectivity index (χ2n) is 4.84. The van der Waals surface area contributed by atoms with Crippen molar-refractivity contribution in [2.24, 2.45) is 7.05 Å². The number of nitrogens with one attached hydrogen (secondary N) is 1. The maximum Gasteiger partial charge on any atom is 0.175 e. The second-order valence-corrected chi connectivity index (χ2v) is 5.28. The summed E-state index contributed by atoms with van der Waals surface area (Å²) in [7, 11) is 3.46. The van der Waals surface area contributed by atoms with Gasteiger partial charge in [-0.2, -0.15) is 4.80 Å². The largest absolute Gasteiger partial charge is 0.383 e. The van der Waals surface area contributed by atoms with Crippen molar-refractivity contribution < 1.29 is 4.74 Å². The minimum atomic E-state index is 0.267. The van der Waals surface area contributed by atoms with Gasteiger partial charge in [0.2, 0.25) is 0 Å². The van der Waals surface area contributed by atoms with Crippen LogP contribution in [-0.4, -0.2) is 47.0 Å². The standard InChI is InChI=1S/C14H20ClN5O/c1-20-18-14(17-19-20)9-12(10-16-7-8-21-2)11-3-5-13(15)6-4-11/h3-6,12,16H,7-10H2,1-2H3. The number of nitrogens with zero attached hydrogens (tertiary/aromatic N) is 4. The third-order valence-corrected chi connectivity index (χ3v) is 3.45. The fourth-order valence-electron chi connectivity index (χ4n) is 2.12. The number of rotatable bonds is 8. The number of benzene rings is 1. The van der Waals surface area contributed by atoms with Gasteiger partial charge in [-0.1, -0.05) is 23.7 Å². The SMILES string of the molecule is COCCNCC(Cc1nnn(C)n1)c1ccc(Cl)cc1. The normalized spacial score (nSPS) is 12.5. The summed E-state index contributed by atoms with van der Waals surface area (Å²) in [6, 6.07) is 7.90. The molecule has 7 heteroatoms. The van der Waals surface area contributed by atoms with Crippen LogP contribution >= 0.6 is 11.6 Å². The molecule has 2 aromatic rings. The molecule has 0 saturated carbocycles. The zero-order valence-electron chi connectivity index (χ0n) is 12.3. The number of ether oxygens (including phenoxy) is 1. The number of halogens is 1. The highest BCUT2D eigenvalue weighted by atomic mass is 35.5. The fraction of sp³-hybridized carbons (Fsp3) is 0.500. The minimum Gasteiger partial charge on any atom is -0.383 e. The van der Waals surface area contributed by atoms with Gasteiger partial charge in [0.15, 0.2) is 5.82 Å². The highest BCUT2D eigenvalue weighted by Gasteiger charge is 2.15. The van der Waals surface area contributed by atoms with Crippen LogP contribution in [0.2, 0.25) is 5.02 Å². The van der Waals surface area contributed by atoms with E-state index >= 15 is 0 Å². The predicted octanol–water partition coefficient (Wildman–Crippen LogP) is 1.43. The maximum absolute atomic E-state index is 5.96. The molecular formula is C14H20ClN5O. The quantitative estimate of drug-likeness (QED) is 0.747. The Bertz CT molecular complexity index is 543. The van der Waals surface area contributed by atoms with Crippen LogP contribution in [0, 0.1) is 0 Å². The third-order valence-electron chi connectivity index (χ3n) is 3.19. The summed E-state index contributed by atoms with van der Waals surface area (Å²) in [4.78, 5) is 1.48. The first-order valence-electron chi connectivity index (χ1n) is 6.87. The molecule has 0 aliphatic carbocycles. The van der Waals surface area contributed by atoms with E-state index in [2.05, 4.69) is 20.7 Å². The van der Waals surface area contributed by atoms with Crippen molar-refractivity contribution in [1.29, 1.82) is 0 Å². The molecule has 0 amide bonds. The summed E-state index contributed by atoms with van der Waals surface area (Å²) in [6.07, 6.45) is 0.732. The van der Waals surface area contributed by atoms with Crippen molar-refractivity contribution in [3.63, 3.8) is 0 Å². The molecule has 0 aliphatic rings. The van der Waals surface area contributed by atoms with E-state index < -0.39 is 0 Å². The first kappa shape index (κ1) is 15.9. The predicted molar refractivity (Wildman–Crippen MR) is 81.4 cm³/mol. The first-order valence-corrected chi connectivity index (χ1v) is 7.25. The number of hydrogen-bond acceptors (Lipinski definition) is 5.